The van der Waals surface area contributed by atoms with Gasteiger partial charge < -0.3 is 10.1 Å². The van der Waals surface area contributed by atoms with E-state index in [0.29, 0.717) is 12.5 Å². The first-order valence-electron chi connectivity index (χ1n) is 6.04. The third-order valence-electron chi connectivity index (χ3n) is 2.11. The van der Waals surface area contributed by atoms with Crippen LogP contribution in [0.25, 0.3) is 0 Å². The Bertz CT molecular complexity index is 417. The van der Waals surface area contributed by atoms with Crippen LogP contribution in [-0.4, -0.2) is 12.6 Å². The van der Waals surface area contributed by atoms with Crippen LogP contribution in [0.4, 0.5) is 4.79 Å². The van der Waals surface area contributed by atoms with Gasteiger partial charge in [0.25, 0.3) is 0 Å². The van der Waals surface area contributed by atoms with E-state index < -0.39 is 6.09 Å². The lowest BCUT2D eigenvalue weighted by Gasteiger charge is -2.04. The molecule has 0 aliphatic heterocycles. The summed E-state index contributed by atoms with van der Waals surface area (Å²) in [6.45, 7) is 4.86. The zero-order valence-corrected chi connectivity index (χ0v) is 10.8. The first-order chi connectivity index (χ1) is 8.68. The Balaban J connectivity index is 2.20. The molecule has 1 rings (SSSR count). The summed E-state index contributed by atoms with van der Waals surface area (Å²) in [6, 6.07) is 9.58. The third kappa shape index (κ3) is 6.56. The van der Waals surface area contributed by atoms with E-state index in [9.17, 15) is 4.79 Å². The number of alkyl carbamates (subject to hydrolysis) is 1. The molecule has 0 radical (unpaired) electrons. The fraction of sp³-hybridized carbons (Fsp3) is 0.333. The van der Waals surface area contributed by atoms with Gasteiger partial charge >= 0.3 is 6.09 Å². The first-order valence-corrected chi connectivity index (χ1v) is 6.04. The molecule has 3 heteroatoms. The van der Waals surface area contributed by atoms with E-state index >= 15 is 0 Å². The van der Waals surface area contributed by atoms with Gasteiger partial charge in [-0.05, 0) is 23.6 Å². The van der Waals surface area contributed by atoms with Crippen molar-refractivity contribution in [3.05, 3.63) is 53.8 Å². The monoisotopic (exact) mass is 245 g/mol. The molecular formula is C15H19NO2. The molecule has 3 nitrogen and oxygen atoms in total. The average molecular weight is 245 g/mol. The van der Waals surface area contributed by atoms with Gasteiger partial charge in [0.2, 0.25) is 0 Å². The van der Waals surface area contributed by atoms with E-state index in [1.807, 2.05) is 36.4 Å². The molecule has 0 saturated carbocycles. The number of amides is 1. The lowest BCUT2D eigenvalue weighted by molar-refractivity contribution is 0.141. The molecule has 0 aliphatic carbocycles. The van der Waals surface area contributed by atoms with Crippen LogP contribution in [0.5, 0.6) is 0 Å². The Morgan fingerprint density at radius 3 is 2.78 bits per heavy atom. The van der Waals surface area contributed by atoms with Gasteiger partial charge in [-0.25, -0.2) is 4.79 Å². The largest absolute Gasteiger partial charge is 0.445 e. The predicted octanol–water partition coefficient (Wildman–Crippen LogP) is 3.28. The number of rotatable bonds is 5. The fourth-order valence-corrected chi connectivity index (χ4v) is 1.23. The summed E-state index contributed by atoms with van der Waals surface area (Å²) in [7, 11) is 0. The maximum absolute atomic E-state index is 11.3. The SMILES string of the molecule is CC(C)C=C=CCNC(=O)OCc1ccccc1. The van der Waals surface area contributed by atoms with Crippen molar-refractivity contribution in [3.63, 3.8) is 0 Å². The third-order valence-corrected chi connectivity index (χ3v) is 2.11. The Morgan fingerprint density at radius 2 is 2.11 bits per heavy atom. The highest BCUT2D eigenvalue weighted by Gasteiger charge is 1.99. The summed E-state index contributed by atoms with van der Waals surface area (Å²) in [5.41, 5.74) is 3.97. The van der Waals surface area contributed by atoms with Gasteiger partial charge in [-0.1, -0.05) is 44.2 Å². The minimum absolute atomic E-state index is 0.290. The van der Waals surface area contributed by atoms with Crippen LogP contribution < -0.4 is 5.32 Å². The number of ether oxygens (including phenoxy) is 1. The van der Waals surface area contributed by atoms with Crippen molar-refractivity contribution in [2.45, 2.75) is 20.5 Å². The van der Waals surface area contributed by atoms with Gasteiger partial charge in [0, 0.05) is 6.54 Å². The van der Waals surface area contributed by atoms with Crippen molar-refractivity contribution in [2.75, 3.05) is 6.54 Å². The Hall–Kier alpha value is -1.99. The molecule has 0 heterocycles. The highest BCUT2D eigenvalue weighted by Crippen LogP contribution is 2.00. The quantitative estimate of drug-likeness (QED) is 0.808. The second kappa shape index (κ2) is 8.15. The summed E-state index contributed by atoms with van der Waals surface area (Å²) in [5, 5.41) is 2.63. The summed E-state index contributed by atoms with van der Waals surface area (Å²) in [4.78, 5) is 11.3. The summed E-state index contributed by atoms with van der Waals surface area (Å²) >= 11 is 0. The molecule has 0 aromatic heterocycles. The molecule has 1 aromatic rings. The lowest BCUT2D eigenvalue weighted by atomic mass is 10.2. The molecule has 1 N–H and O–H groups in total. The number of hydrogen-bond donors (Lipinski definition) is 1. The summed E-state index contributed by atoms with van der Waals surface area (Å²) in [6.07, 6.45) is 3.29. The molecule has 1 amide bonds. The highest BCUT2D eigenvalue weighted by atomic mass is 16.5. The van der Waals surface area contributed by atoms with Gasteiger partial charge in [-0.15, -0.1) is 5.73 Å². The van der Waals surface area contributed by atoms with Crippen LogP contribution in [0.2, 0.25) is 0 Å². The maximum atomic E-state index is 11.3. The molecule has 0 atom stereocenters. The van der Waals surface area contributed by atoms with Gasteiger partial charge in [0.1, 0.15) is 6.61 Å². The van der Waals surface area contributed by atoms with Gasteiger partial charge in [-0.3, -0.25) is 0 Å². The highest BCUT2D eigenvalue weighted by molar-refractivity contribution is 5.67. The second-order valence-electron chi connectivity index (χ2n) is 4.22. The second-order valence-corrected chi connectivity index (χ2v) is 4.22. The van der Waals surface area contributed by atoms with Crippen molar-refractivity contribution < 1.29 is 9.53 Å². The minimum Gasteiger partial charge on any atom is -0.445 e. The van der Waals surface area contributed by atoms with Crippen molar-refractivity contribution in [1.82, 2.24) is 5.32 Å². The first kappa shape index (κ1) is 14.1. The van der Waals surface area contributed by atoms with Crippen molar-refractivity contribution in [1.29, 1.82) is 0 Å². The summed E-state index contributed by atoms with van der Waals surface area (Å²) in [5.74, 6) is 0.464. The summed E-state index contributed by atoms with van der Waals surface area (Å²) < 4.78 is 5.05. The van der Waals surface area contributed by atoms with Crippen LogP contribution in [0.15, 0.2) is 48.2 Å². The van der Waals surface area contributed by atoms with Crippen molar-refractivity contribution in [2.24, 2.45) is 5.92 Å². The van der Waals surface area contributed by atoms with Crippen LogP contribution in [-0.2, 0) is 11.3 Å². The molecule has 0 aliphatic rings. The van der Waals surface area contributed by atoms with Crippen molar-refractivity contribution >= 4 is 6.09 Å². The molecule has 18 heavy (non-hydrogen) atoms. The Morgan fingerprint density at radius 1 is 1.39 bits per heavy atom. The normalized spacial score (nSPS) is 9.50. The number of carbonyl (C=O) groups excluding carboxylic acids is 1. The average Bonchev–Trinajstić information content (AvgIpc) is 2.37. The lowest BCUT2D eigenvalue weighted by Crippen LogP contribution is -2.23. The Labute approximate surface area is 108 Å². The minimum atomic E-state index is -0.415. The van der Waals surface area contributed by atoms with E-state index in [-0.39, 0.29) is 6.61 Å². The number of nitrogens with one attached hydrogen (secondary N) is 1. The van der Waals surface area contributed by atoms with E-state index in [4.69, 9.17) is 4.74 Å². The number of benzene rings is 1. The molecule has 96 valence electrons. The molecular weight excluding hydrogens is 226 g/mol. The van der Waals surface area contributed by atoms with Gasteiger partial charge in [-0.2, -0.15) is 0 Å². The Kier molecular flexibility index (Phi) is 6.37. The zero-order chi connectivity index (χ0) is 13.2. The van der Waals surface area contributed by atoms with Crippen LogP contribution in [0, 0.1) is 5.92 Å². The van der Waals surface area contributed by atoms with E-state index in [0.717, 1.165) is 5.56 Å². The predicted molar refractivity (Wildman–Crippen MR) is 72.1 cm³/mol. The topological polar surface area (TPSA) is 38.3 Å². The molecule has 0 bridgehead atoms. The van der Waals surface area contributed by atoms with Crippen LogP contribution in [0.1, 0.15) is 19.4 Å². The molecule has 0 unspecified atom stereocenters. The molecule has 1 aromatic carbocycles. The van der Waals surface area contributed by atoms with E-state index in [1.165, 1.54) is 0 Å². The smallest absolute Gasteiger partial charge is 0.407 e. The van der Waals surface area contributed by atoms with Gasteiger partial charge in [0.15, 0.2) is 0 Å². The van der Waals surface area contributed by atoms with E-state index in [2.05, 4.69) is 24.9 Å². The van der Waals surface area contributed by atoms with E-state index in [1.54, 1.807) is 6.08 Å². The van der Waals surface area contributed by atoms with Crippen molar-refractivity contribution in [3.8, 4) is 0 Å². The van der Waals surface area contributed by atoms with Crippen LogP contribution in [0.3, 0.4) is 0 Å². The zero-order valence-electron chi connectivity index (χ0n) is 10.8. The standard InChI is InChI=1S/C15H19NO2/c1-13(2)8-6-7-11-16-15(17)18-12-14-9-4-3-5-10-14/h3-5,7-10,13H,11-12H2,1-2H3,(H,16,17). The number of hydrogen-bond acceptors (Lipinski definition) is 2. The number of carbonyl (C=O) groups is 1. The molecule has 0 saturated heterocycles. The van der Waals surface area contributed by atoms with Gasteiger partial charge in [0.05, 0.1) is 0 Å². The molecule has 0 fully saturated rings. The van der Waals surface area contributed by atoms with Crippen LogP contribution >= 0.6 is 0 Å². The molecule has 0 spiro atoms. The maximum Gasteiger partial charge on any atom is 0.407 e. The fourth-order valence-electron chi connectivity index (χ4n) is 1.23.